The van der Waals surface area contributed by atoms with E-state index < -0.39 is 11.7 Å². The summed E-state index contributed by atoms with van der Waals surface area (Å²) >= 11 is 0. The molecule has 0 amide bonds. The van der Waals surface area contributed by atoms with Crippen molar-refractivity contribution in [3.63, 3.8) is 0 Å². The van der Waals surface area contributed by atoms with Crippen LogP contribution in [0.1, 0.15) is 146 Å². The van der Waals surface area contributed by atoms with Gasteiger partial charge in [0.1, 0.15) is 0 Å². The van der Waals surface area contributed by atoms with Crippen LogP contribution in [0.5, 0.6) is 0 Å². The summed E-state index contributed by atoms with van der Waals surface area (Å²) < 4.78 is 40.3. The smallest absolute Gasteiger partial charge is 0.416 e. The van der Waals surface area contributed by atoms with E-state index in [0.29, 0.717) is 29.8 Å². The van der Waals surface area contributed by atoms with Gasteiger partial charge in [0.15, 0.2) is 0 Å². The third-order valence-corrected chi connectivity index (χ3v) is 11.1. The zero-order valence-corrected chi connectivity index (χ0v) is 25.9. The lowest BCUT2D eigenvalue weighted by Gasteiger charge is -2.50. The second kappa shape index (κ2) is 14.8. The molecule has 0 spiro atoms. The van der Waals surface area contributed by atoms with Crippen LogP contribution in [-0.2, 0) is 6.18 Å². The van der Waals surface area contributed by atoms with E-state index in [-0.39, 0.29) is 11.7 Å². The number of halogens is 3. The number of hydrogen-bond acceptors (Lipinski definition) is 2. The van der Waals surface area contributed by atoms with Crippen molar-refractivity contribution in [3.05, 3.63) is 47.7 Å². The molecule has 0 radical (unpaired) electrons. The molecule has 1 N–H and O–H groups in total. The number of aliphatic hydroxyl groups is 1. The standard InChI is InChI=1S/C36H56F3NO/c1-4-20-35(21-5-2)22-17-32(18-23-35)40(24-19-28-9-7-6-8-10-28)34-16-11-29(25-27(3)41)26-33(34)30-12-14-31(15-13-30)36(37,38)39/h12-15,28-29,32-34,41H,3-11,16-26H2,1-2H3/t29-,33-,34+/m0/s1. The van der Waals surface area contributed by atoms with Gasteiger partial charge in [-0.3, -0.25) is 4.90 Å². The highest BCUT2D eigenvalue weighted by Crippen LogP contribution is 2.48. The van der Waals surface area contributed by atoms with Crippen molar-refractivity contribution in [1.82, 2.24) is 4.90 Å². The zero-order valence-electron chi connectivity index (χ0n) is 25.9. The van der Waals surface area contributed by atoms with Crippen LogP contribution in [0.3, 0.4) is 0 Å². The van der Waals surface area contributed by atoms with Gasteiger partial charge in [0.2, 0.25) is 0 Å². The van der Waals surface area contributed by atoms with Crippen LogP contribution in [0.2, 0.25) is 0 Å². The molecule has 41 heavy (non-hydrogen) atoms. The normalized spacial score (nSPS) is 26.3. The molecule has 3 saturated carbocycles. The Hall–Kier alpha value is -1.49. The molecule has 0 saturated heterocycles. The lowest BCUT2D eigenvalue weighted by atomic mass is 9.66. The summed E-state index contributed by atoms with van der Waals surface area (Å²) in [4.78, 5) is 2.86. The second-order valence-electron chi connectivity index (χ2n) is 14.0. The molecule has 0 aliphatic heterocycles. The van der Waals surface area contributed by atoms with E-state index in [9.17, 15) is 18.3 Å². The highest BCUT2D eigenvalue weighted by atomic mass is 19.4. The minimum atomic E-state index is -4.32. The van der Waals surface area contributed by atoms with Crippen molar-refractivity contribution in [2.24, 2.45) is 17.3 Å². The summed E-state index contributed by atoms with van der Waals surface area (Å²) in [6.07, 6.45) is 17.6. The molecule has 3 aliphatic rings. The largest absolute Gasteiger partial charge is 0.513 e. The van der Waals surface area contributed by atoms with Gasteiger partial charge < -0.3 is 5.11 Å². The predicted molar refractivity (Wildman–Crippen MR) is 164 cm³/mol. The minimum absolute atomic E-state index is 0.180. The van der Waals surface area contributed by atoms with Crippen molar-refractivity contribution in [2.45, 2.75) is 154 Å². The van der Waals surface area contributed by atoms with Crippen LogP contribution in [0.15, 0.2) is 36.6 Å². The van der Waals surface area contributed by atoms with Crippen molar-refractivity contribution < 1.29 is 18.3 Å². The van der Waals surface area contributed by atoms with Crippen LogP contribution in [0, 0.1) is 17.3 Å². The van der Waals surface area contributed by atoms with Gasteiger partial charge in [-0.2, -0.15) is 13.2 Å². The van der Waals surface area contributed by atoms with Gasteiger partial charge in [0.05, 0.1) is 11.3 Å². The summed E-state index contributed by atoms with van der Waals surface area (Å²) in [6.45, 7) is 9.53. The third kappa shape index (κ3) is 8.77. The van der Waals surface area contributed by atoms with E-state index >= 15 is 0 Å². The molecule has 0 aromatic heterocycles. The fourth-order valence-corrected chi connectivity index (χ4v) is 9.09. The Labute approximate surface area is 248 Å². The molecule has 3 atom stereocenters. The van der Waals surface area contributed by atoms with Gasteiger partial charge in [-0.15, -0.1) is 0 Å². The van der Waals surface area contributed by atoms with Crippen molar-refractivity contribution >= 4 is 0 Å². The Kier molecular flexibility index (Phi) is 11.7. The molecular formula is C36H56F3NO. The monoisotopic (exact) mass is 575 g/mol. The maximum absolute atomic E-state index is 13.4. The Morgan fingerprint density at radius 1 is 0.902 bits per heavy atom. The van der Waals surface area contributed by atoms with E-state index in [0.717, 1.165) is 37.3 Å². The van der Waals surface area contributed by atoms with E-state index in [1.807, 2.05) is 0 Å². The maximum Gasteiger partial charge on any atom is 0.416 e. The first kappa shape index (κ1) is 32.4. The van der Waals surface area contributed by atoms with Gasteiger partial charge in [0.25, 0.3) is 0 Å². The zero-order chi connectivity index (χ0) is 29.5. The second-order valence-corrected chi connectivity index (χ2v) is 14.0. The summed E-state index contributed by atoms with van der Waals surface area (Å²) in [5.41, 5.74) is 0.959. The minimum Gasteiger partial charge on any atom is -0.513 e. The van der Waals surface area contributed by atoms with Crippen LogP contribution < -0.4 is 0 Å². The molecule has 0 bridgehead atoms. The fourth-order valence-electron chi connectivity index (χ4n) is 9.09. The maximum atomic E-state index is 13.4. The summed E-state index contributed by atoms with van der Waals surface area (Å²) in [5.74, 6) is 1.54. The van der Waals surface area contributed by atoms with Crippen LogP contribution in [0.25, 0.3) is 0 Å². The molecular weight excluding hydrogens is 519 g/mol. The number of benzene rings is 1. The Morgan fingerprint density at radius 3 is 2.10 bits per heavy atom. The highest BCUT2D eigenvalue weighted by Gasteiger charge is 2.42. The Balaban J connectivity index is 1.60. The first-order chi connectivity index (χ1) is 19.6. The van der Waals surface area contributed by atoms with Gasteiger partial charge in [-0.1, -0.05) is 77.5 Å². The number of nitrogens with zero attached hydrogens (tertiary/aromatic N) is 1. The predicted octanol–water partition coefficient (Wildman–Crippen LogP) is 11.2. The van der Waals surface area contributed by atoms with Crippen molar-refractivity contribution in [3.8, 4) is 0 Å². The van der Waals surface area contributed by atoms with Crippen LogP contribution in [0.4, 0.5) is 13.2 Å². The van der Waals surface area contributed by atoms with Gasteiger partial charge in [-0.25, -0.2) is 0 Å². The van der Waals surface area contributed by atoms with Crippen molar-refractivity contribution in [1.29, 1.82) is 0 Å². The lowest BCUT2D eigenvalue weighted by Crippen LogP contribution is -2.51. The quantitative estimate of drug-likeness (QED) is 0.251. The number of alkyl halides is 3. The van der Waals surface area contributed by atoms with Crippen molar-refractivity contribution in [2.75, 3.05) is 6.54 Å². The molecule has 3 aliphatic carbocycles. The molecule has 2 nitrogen and oxygen atoms in total. The summed E-state index contributed by atoms with van der Waals surface area (Å²) in [7, 11) is 0. The van der Waals surface area contributed by atoms with Gasteiger partial charge in [0, 0.05) is 18.5 Å². The highest BCUT2D eigenvalue weighted by molar-refractivity contribution is 5.29. The number of aliphatic hydroxyl groups excluding tert-OH is 1. The molecule has 232 valence electrons. The fraction of sp³-hybridized carbons (Fsp3) is 0.778. The Morgan fingerprint density at radius 2 is 1.54 bits per heavy atom. The number of allylic oxidation sites excluding steroid dienone is 1. The van der Waals surface area contributed by atoms with Crippen LogP contribution >= 0.6 is 0 Å². The SMILES string of the molecule is C=C(O)C[C@@H]1CC[C@@H](N(CCC2CCCCC2)C2CCC(CCC)(CCC)CC2)[C@H](c2ccc(C(F)(F)F)cc2)C1. The van der Waals surface area contributed by atoms with E-state index in [4.69, 9.17) is 0 Å². The summed E-state index contributed by atoms with van der Waals surface area (Å²) in [5, 5.41) is 10.0. The van der Waals surface area contributed by atoms with Gasteiger partial charge >= 0.3 is 6.18 Å². The first-order valence-electron chi connectivity index (χ1n) is 16.9. The molecule has 3 fully saturated rings. The molecule has 1 aromatic carbocycles. The number of rotatable bonds is 12. The Bertz CT molecular complexity index is 919. The molecule has 5 heteroatoms. The number of hydrogen-bond donors (Lipinski definition) is 1. The molecule has 0 heterocycles. The molecule has 0 unspecified atom stereocenters. The van der Waals surface area contributed by atoms with E-state index in [1.165, 1.54) is 102 Å². The first-order valence-corrected chi connectivity index (χ1v) is 16.9. The lowest BCUT2D eigenvalue weighted by molar-refractivity contribution is -0.137. The summed E-state index contributed by atoms with van der Waals surface area (Å²) in [6, 6.07) is 6.93. The van der Waals surface area contributed by atoms with Crippen LogP contribution in [-0.4, -0.2) is 28.6 Å². The molecule has 1 aromatic rings. The van der Waals surface area contributed by atoms with E-state index in [2.05, 4.69) is 25.3 Å². The average Bonchev–Trinajstić information content (AvgIpc) is 2.95. The average molecular weight is 576 g/mol. The molecule has 4 rings (SSSR count). The van der Waals surface area contributed by atoms with Gasteiger partial charge in [-0.05, 0) is 112 Å². The van der Waals surface area contributed by atoms with E-state index in [1.54, 1.807) is 12.1 Å². The third-order valence-electron chi connectivity index (χ3n) is 11.1. The topological polar surface area (TPSA) is 23.5 Å².